The quantitative estimate of drug-likeness (QED) is 0.595. The first-order valence-corrected chi connectivity index (χ1v) is 7.32. The number of thiophene rings is 1. The van der Waals surface area contributed by atoms with Crippen LogP contribution in [0.15, 0.2) is 84.4 Å². The maximum absolute atomic E-state index is 5.79. The molecule has 0 atom stereocenters. The molecular weight excluding hydrogens is 264 g/mol. The zero-order valence-electron chi connectivity index (χ0n) is 10.9. The van der Waals surface area contributed by atoms with Gasteiger partial charge in [-0.1, -0.05) is 54.6 Å². The lowest BCUT2D eigenvalue weighted by Gasteiger charge is -2.07. The summed E-state index contributed by atoms with van der Waals surface area (Å²) in [4.78, 5) is 1.20. The monoisotopic (exact) mass is 278 g/mol. The second-order valence-electron chi connectivity index (χ2n) is 4.31. The minimum Gasteiger partial charge on any atom is -0.464 e. The van der Waals surface area contributed by atoms with Gasteiger partial charge in [0, 0.05) is 10.5 Å². The molecule has 0 aliphatic heterocycles. The van der Waals surface area contributed by atoms with Crippen LogP contribution in [0.25, 0.3) is 5.57 Å². The molecule has 0 amide bonds. The average molecular weight is 278 g/mol. The molecular formula is C18H14OS. The molecule has 2 heteroatoms. The Morgan fingerprint density at radius 1 is 0.800 bits per heavy atom. The van der Waals surface area contributed by atoms with E-state index in [1.54, 1.807) is 11.3 Å². The fourth-order valence-corrected chi connectivity index (χ4v) is 2.70. The fourth-order valence-electron chi connectivity index (χ4n) is 1.94. The molecule has 0 N–H and O–H groups in total. The largest absolute Gasteiger partial charge is 0.464 e. The highest BCUT2D eigenvalue weighted by Crippen LogP contribution is 2.27. The third kappa shape index (κ3) is 2.98. The van der Waals surface area contributed by atoms with Crippen molar-refractivity contribution in [3.63, 3.8) is 0 Å². The first-order chi connectivity index (χ1) is 9.93. The van der Waals surface area contributed by atoms with E-state index < -0.39 is 0 Å². The molecule has 0 bridgehead atoms. The minimum atomic E-state index is 0.845. The fraction of sp³-hybridized carbons (Fsp3) is 0. The van der Waals surface area contributed by atoms with Crippen molar-refractivity contribution in [3.8, 4) is 5.75 Å². The summed E-state index contributed by atoms with van der Waals surface area (Å²) in [5.41, 5.74) is 2.26. The molecule has 2 aromatic carbocycles. The number of hydrogen-bond acceptors (Lipinski definition) is 2. The van der Waals surface area contributed by atoms with Crippen LogP contribution in [0.2, 0.25) is 0 Å². The Balaban J connectivity index is 1.94. The maximum Gasteiger partial charge on any atom is 0.126 e. The molecule has 3 rings (SSSR count). The van der Waals surface area contributed by atoms with Gasteiger partial charge in [-0.25, -0.2) is 0 Å². The van der Waals surface area contributed by atoms with E-state index in [1.165, 1.54) is 4.88 Å². The van der Waals surface area contributed by atoms with E-state index >= 15 is 0 Å². The zero-order valence-corrected chi connectivity index (χ0v) is 11.7. The molecule has 20 heavy (non-hydrogen) atoms. The number of ether oxygens (including phenoxy) is 1. The van der Waals surface area contributed by atoms with E-state index in [2.05, 4.69) is 29.6 Å². The predicted molar refractivity (Wildman–Crippen MR) is 84.9 cm³/mol. The van der Waals surface area contributed by atoms with Gasteiger partial charge >= 0.3 is 0 Å². The molecule has 1 aromatic heterocycles. The Hall–Kier alpha value is -2.32. The van der Waals surface area contributed by atoms with Gasteiger partial charge in [0.1, 0.15) is 12.0 Å². The van der Waals surface area contributed by atoms with Crippen molar-refractivity contribution >= 4 is 16.9 Å². The number of benzene rings is 2. The minimum absolute atomic E-state index is 0.845. The lowest BCUT2D eigenvalue weighted by atomic mass is 10.1. The molecule has 0 aliphatic carbocycles. The van der Waals surface area contributed by atoms with Crippen molar-refractivity contribution in [2.75, 3.05) is 0 Å². The van der Waals surface area contributed by atoms with Crippen molar-refractivity contribution in [2.45, 2.75) is 0 Å². The van der Waals surface area contributed by atoms with Gasteiger partial charge in [0.25, 0.3) is 0 Å². The highest BCUT2D eigenvalue weighted by molar-refractivity contribution is 7.11. The number of para-hydroxylation sites is 1. The summed E-state index contributed by atoms with van der Waals surface area (Å²) < 4.78 is 5.79. The third-order valence-electron chi connectivity index (χ3n) is 2.93. The molecule has 98 valence electrons. The normalized spacial score (nSPS) is 11.3. The Bertz CT molecular complexity index is 670. The smallest absolute Gasteiger partial charge is 0.126 e. The summed E-state index contributed by atoms with van der Waals surface area (Å²) in [5, 5.41) is 2.08. The van der Waals surface area contributed by atoms with E-state index in [4.69, 9.17) is 4.74 Å². The van der Waals surface area contributed by atoms with Gasteiger partial charge in [-0.15, -0.1) is 11.3 Å². The highest BCUT2D eigenvalue weighted by atomic mass is 32.1. The van der Waals surface area contributed by atoms with Gasteiger partial charge in [-0.05, 0) is 29.1 Å². The summed E-state index contributed by atoms with van der Waals surface area (Å²) >= 11 is 1.71. The van der Waals surface area contributed by atoms with Crippen molar-refractivity contribution in [1.29, 1.82) is 0 Å². The molecule has 0 spiro atoms. The lowest BCUT2D eigenvalue weighted by Crippen LogP contribution is -1.89. The van der Waals surface area contributed by atoms with Crippen LogP contribution in [0.4, 0.5) is 0 Å². The average Bonchev–Trinajstić information content (AvgIpc) is 3.04. The van der Waals surface area contributed by atoms with Crippen LogP contribution in [0.5, 0.6) is 5.75 Å². The zero-order chi connectivity index (χ0) is 13.6. The van der Waals surface area contributed by atoms with Crippen LogP contribution in [0.3, 0.4) is 0 Å². The summed E-state index contributed by atoms with van der Waals surface area (Å²) in [5.74, 6) is 0.845. The van der Waals surface area contributed by atoms with Gasteiger partial charge in [-0.3, -0.25) is 0 Å². The Morgan fingerprint density at radius 2 is 1.50 bits per heavy atom. The number of rotatable bonds is 4. The molecule has 0 saturated heterocycles. The highest BCUT2D eigenvalue weighted by Gasteiger charge is 2.06. The first kappa shape index (κ1) is 12.7. The second-order valence-corrected chi connectivity index (χ2v) is 5.25. The van der Waals surface area contributed by atoms with Crippen molar-refractivity contribution in [1.82, 2.24) is 0 Å². The topological polar surface area (TPSA) is 9.23 Å². The van der Waals surface area contributed by atoms with Gasteiger partial charge < -0.3 is 4.74 Å². The Morgan fingerprint density at radius 3 is 2.15 bits per heavy atom. The van der Waals surface area contributed by atoms with E-state index in [-0.39, 0.29) is 0 Å². The second kappa shape index (κ2) is 6.22. The molecule has 0 aliphatic rings. The van der Waals surface area contributed by atoms with E-state index in [1.807, 2.05) is 54.8 Å². The van der Waals surface area contributed by atoms with Gasteiger partial charge in [0.2, 0.25) is 0 Å². The molecule has 0 fully saturated rings. The van der Waals surface area contributed by atoms with Crippen LogP contribution in [-0.4, -0.2) is 0 Å². The first-order valence-electron chi connectivity index (χ1n) is 6.45. The summed E-state index contributed by atoms with van der Waals surface area (Å²) in [6.45, 7) is 0. The predicted octanol–water partition coefficient (Wildman–Crippen LogP) is 5.22. The van der Waals surface area contributed by atoms with E-state index in [9.17, 15) is 0 Å². The SMILES string of the molecule is C(/Oc1ccccc1)=C(\c1ccccc1)c1cccs1. The lowest BCUT2D eigenvalue weighted by molar-refractivity contribution is 0.483. The van der Waals surface area contributed by atoms with Gasteiger partial charge in [0.05, 0.1) is 0 Å². The molecule has 0 radical (unpaired) electrons. The van der Waals surface area contributed by atoms with Crippen LogP contribution in [-0.2, 0) is 0 Å². The standard InChI is InChI=1S/C18H14OS/c1-3-8-15(9-4-1)17(18-12-7-13-20-18)14-19-16-10-5-2-6-11-16/h1-14H/b17-14-. The maximum atomic E-state index is 5.79. The summed E-state index contributed by atoms with van der Waals surface area (Å²) in [6.07, 6.45) is 1.83. The van der Waals surface area contributed by atoms with Gasteiger partial charge in [-0.2, -0.15) is 0 Å². The van der Waals surface area contributed by atoms with Crippen LogP contribution in [0, 0.1) is 0 Å². The third-order valence-corrected chi connectivity index (χ3v) is 3.83. The Labute approximate surface area is 122 Å². The van der Waals surface area contributed by atoms with E-state index in [0.29, 0.717) is 0 Å². The molecule has 0 saturated carbocycles. The Kier molecular flexibility index (Phi) is 3.95. The van der Waals surface area contributed by atoms with Crippen LogP contribution in [0.1, 0.15) is 10.4 Å². The van der Waals surface area contributed by atoms with E-state index in [0.717, 1.165) is 16.9 Å². The van der Waals surface area contributed by atoms with Crippen molar-refractivity contribution < 1.29 is 4.74 Å². The summed E-state index contributed by atoms with van der Waals surface area (Å²) in [7, 11) is 0. The number of hydrogen-bond donors (Lipinski definition) is 0. The van der Waals surface area contributed by atoms with Crippen LogP contribution < -0.4 is 4.74 Å². The molecule has 1 nitrogen and oxygen atoms in total. The van der Waals surface area contributed by atoms with Crippen LogP contribution >= 0.6 is 11.3 Å². The van der Waals surface area contributed by atoms with Gasteiger partial charge in [0.15, 0.2) is 0 Å². The van der Waals surface area contributed by atoms with Crippen molar-refractivity contribution in [2.24, 2.45) is 0 Å². The van der Waals surface area contributed by atoms with Crippen molar-refractivity contribution in [3.05, 3.63) is 94.9 Å². The molecule has 3 aromatic rings. The molecule has 0 unspecified atom stereocenters. The molecule has 1 heterocycles. The summed E-state index contributed by atoms with van der Waals surface area (Å²) in [6, 6.07) is 24.3.